The molecule has 1 N–H and O–H groups in total. The van der Waals surface area contributed by atoms with Crippen LogP contribution in [-0.2, 0) is 18.8 Å². The maximum Gasteiger partial charge on any atom is 0.774 e. The monoisotopic (exact) mass is 256 g/mol. The van der Waals surface area contributed by atoms with Crippen molar-refractivity contribution >= 4 is 19.9 Å². The first-order valence-electron chi connectivity index (χ1n) is 4.73. The molecule has 0 spiro atoms. The molecule has 0 aliphatic carbocycles. The molecule has 1 aromatic carbocycles. The maximum absolute atomic E-state index is 11.2. The molecule has 1 unspecified atom stereocenters. The molecule has 0 heterocycles. The highest BCUT2D eigenvalue weighted by Crippen LogP contribution is 2.26. The van der Waals surface area contributed by atoms with Crippen LogP contribution in [0.4, 0.5) is 0 Å². The summed E-state index contributed by atoms with van der Waals surface area (Å²) in [4.78, 5) is 21.5. The Bertz CT molecular complexity index is 420. The van der Waals surface area contributed by atoms with Crippen molar-refractivity contribution in [2.24, 2.45) is 0 Å². The van der Waals surface area contributed by atoms with E-state index < -0.39 is 14.2 Å². The fraction of sp³-hybridized carbons (Fsp3) is 0.200. The van der Waals surface area contributed by atoms with E-state index in [-0.39, 0.29) is 12.2 Å². The van der Waals surface area contributed by atoms with Crippen LogP contribution >= 0.6 is 8.25 Å². The van der Waals surface area contributed by atoms with Crippen LogP contribution in [-0.4, -0.2) is 11.7 Å². The molecule has 1 amide bonds. The van der Waals surface area contributed by atoms with E-state index in [9.17, 15) is 14.2 Å². The van der Waals surface area contributed by atoms with E-state index in [1.807, 2.05) is 5.48 Å². The van der Waals surface area contributed by atoms with Gasteiger partial charge in [0.25, 0.3) is 5.91 Å². The zero-order valence-electron chi connectivity index (χ0n) is 9.08. The molecule has 0 aliphatic rings. The number of hydroxylamine groups is 1. The number of nitrogens with one attached hydrogen (secondary N) is 1. The molecule has 0 aliphatic heterocycles. The molecule has 17 heavy (non-hydrogen) atoms. The van der Waals surface area contributed by atoms with Crippen LogP contribution in [0.1, 0.15) is 13.3 Å². The zero-order valence-corrected chi connectivity index (χ0v) is 9.98. The minimum atomic E-state index is -2.51. The fourth-order valence-electron chi connectivity index (χ4n) is 0.936. The van der Waals surface area contributed by atoms with E-state index in [0.29, 0.717) is 5.75 Å². The molecule has 0 bridgehead atoms. The highest BCUT2D eigenvalue weighted by molar-refractivity contribution is 7.33. The van der Waals surface area contributed by atoms with Crippen LogP contribution < -0.4 is 10.0 Å². The van der Waals surface area contributed by atoms with Crippen molar-refractivity contribution in [2.75, 3.05) is 0 Å². The lowest BCUT2D eigenvalue weighted by molar-refractivity contribution is -0.132. The van der Waals surface area contributed by atoms with Gasteiger partial charge >= 0.3 is 8.25 Å². The smallest absolute Gasteiger partial charge is 0.299 e. The number of carbonyl (C=O) groups excluding carboxylic acids is 2. The first-order chi connectivity index (χ1) is 8.08. The van der Waals surface area contributed by atoms with Crippen molar-refractivity contribution in [3.05, 3.63) is 30.3 Å². The van der Waals surface area contributed by atoms with Crippen molar-refractivity contribution in [2.45, 2.75) is 13.3 Å². The SMILES string of the molecule is CC(=O)CC(=O)NO[P+](=O)Oc1ccccc1. The Morgan fingerprint density at radius 1 is 1.29 bits per heavy atom. The summed E-state index contributed by atoms with van der Waals surface area (Å²) in [5.41, 5.74) is 1.87. The number of benzene rings is 1. The summed E-state index contributed by atoms with van der Waals surface area (Å²) in [5.74, 6) is -0.628. The molecule has 0 saturated carbocycles. The van der Waals surface area contributed by atoms with E-state index in [1.54, 1.807) is 30.3 Å². The molecule has 0 radical (unpaired) electrons. The van der Waals surface area contributed by atoms with Crippen LogP contribution in [0.2, 0.25) is 0 Å². The number of amides is 1. The Morgan fingerprint density at radius 3 is 2.53 bits per heavy atom. The zero-order chi connectivity index (χ0) is 12.7. The molecular weight excluding hydrogens is 245 g/mol. The summed E-state index contributed by atoms with van der Waals surface area (Å²) in [6.45, 7) is 1.26. The van der Waals surface area contributed by atoms with Crippen molar-refractivity contribution in [1.82, 2.24) is 5.48 Å². The lowest BCUT2D eigenvalue weighted by Crippen LogP contribution is -2.23. The Balaban J connectivity index is 2.31. The molecule has 6 nitrogen and oxygen atoms in total. The van der Waals surface area contributed by atoms with Gasteiger partial charge in [-0.2, -0.15) is 5.48 Å². The fourth-order valence-corrected chi connectivity index (χ4v) is 1.44. The average Bonchev–Trinajstić information content (AvgIpc) is 2.27. The predicted molar refractivity (Wildman–Crippen MR) is 59.2 cm³/mol. The molecule has 0 saturated heterocycles. The number of hydrogen-bond acceptors (Lipinski definition) is 5. The standard InChI is InChI=1S/C10H10NO5P/c1-8(12)7-10(13)11-16-17(14)15-9-5-3-2-4-6-9/h2-6H,7H2,1H3/p+1. The van der Waals surface area contributed by atoms with Crippen LogP contribution in [0, 0.1) is 0 Å². The first kappa shape index (κ1) is 13.3. The summed E-state index contributed by atoms with van der Waals surface area (Å²) in [5, 5.41) is 0. The molecule has 0 fully saturated rings. The third-order valence-corrected chi connectivity index (χ3v) is 2.17. The lowest BCUT2D eigenvalue weighted by Gasteiger charge is -1.94. The van der Waals surface area contributed by atoms with Crippen LogP contribution in [0.5, 0.6) is 5.75 Å². The van der Waals surface area contributed by atoms with Gasteiger partial charge in [-0.05, 0) is 19.1 Å². The normalized spacial score (nSPS) is 10.5. The number of ketones is 1. The number of hydrogen-bond donors (Lipinski definition) is 1. The second-order valence-electron chi connectivity index (χ2n) is 3.12. The topological polar surface area (TPSA) is 81.7 Å². The van der Waals surface area contributed by atoms with Crippen LogP contribution in [0.25, 0.3) is 0 Å². The second kappa shape index (κ2) is 6.73. The van der Waals surface area contributed by atoms with Crippen molar-refractivity contribution in [3.8, 4) is 5.75 Å². The number of Topliss-reactive ketones (excluding diaryl/α,β-unsaturated/α-hetero) is 1. The van der Waals surface area contributed by atoms with Gasteiger partial charge in [-0.3, -0.25) is 9.59 Å². The largest absolute Gasteiger partial charge is 0.774 e. The summed E-state index contributed by atoms with van der Waals surface area (Å²) >= 11 is 0. The molecule has 7 heteroatoms. The summed E-state index contributed by atoms with van der Waals surface area (Å²) in [6, 6.07) is 8.36. The third-order valence-electron chi connectivity index (χ3n) is 1.57. The summed E-state index contributed by atoms with van der Waals surface area (Å²) in [7, 11) is -2.51. The van der Waals surface area contributed by atoms with Gasteiger partial charge in [0.05, 0.1) is 6.42 Å². The maximum atomic E-state index is 11.2. The number of carbonyl (C=O) groups is 2. The van der Waals surface area contributed by atoms with Crippen molar-refractivity contribution in [3.63, 3.8) is 0 Å². The predicted octanol–water partition coefficient (Wildman–Crippen LogP) is 1.75. The van der Waals surface area contributed by atoms with Gasteiger partial charge in [0.2, 0.25) is 0 Å². The Hall–Kier alpha value is -1.78. The van der Waals surface area contributed by atoms with Gasteiger partial charge in [-0.15, -0.1) is 0 Å². The molecule has 1 atom stereocenters. The highest BCUT2D eigenvalue weighted by Gasteiger charge is 2.24. The summed E-state index contributed by atoms with van der Waals surface area (Å²) < 4.78 is 20.5. The molecule has 90 valence electrons. The lowest BCUT2D eigenvalue weighted by atomic mass is 10.3. The number of rotatable bonds is 6. The molecular formula is C10H11NO5P+. The minimum Gasteiger partial charge on any atom is -0.299 e. The highest BCUT2D eigenvalue weighted by atomic mass is 31.1. The van der Waals surface area contributed by atoms with Gasteiger partial charge in [0, 0.05) is 9.19 Å². The van der Waals surface area contributed by atoms with Crippen molar-refractivity contribution in [1.29, 1.82) is 0 Å². The Labute approximate surface area is 98.8 Å². The molecule has 0 aromatic heterocycles. The van der Waals surface area contributed by atoms with E-state index in [1.165, 1.54) is 6.92 Å². The van der Waals surface area contributed by atoms with Gasteiger partial charge < -0.3 is 0 Å². The number of para-hydroxylation sites is 1. The Morgan fingerprint density at radius 2 is 1.94 bits per heavy atom. The first-order valence-corrected chi connectivity index (χ1v) is 5.83. The van der Waals surface area contributed by atoms with E-state index in [2.05, 4.69) is 4.62 Å². The summed E-state index contributed by atoms with van der Waals surface area (Å²) in [6.07, 6.45) is -0.325. The average molecular weight is 256 g/mol. The van der Waals surface area contributed by atoms with Crippen LogP contribution in [0.3, 0.4) is 0 Å². The van der Waals surface area contributed by atoms with Crippen molar-refractivity contribution < 1.29 is 23.3 Å². The van der Waals surface area contributed by atoms with Gasteiger partial charge in [0.1, 0.15) is 5.78 Å². The van der Waals surface area contributed by atoms with Gasteiger partial charge in [0.15, 0.2) is 5.75 Å². The van der Waals surface area contributed by atoms with Gasteiger partial charge in [-0.25, -0.2) is 4.52 Å². The van der Waals surface area contributed by atoms with E-state index in [4.69, 9.17) is 4.52 Å². The Kier molecular flexibility index (Phi) is 5.26. The minimum absolute atomic E-state index is 0.315. The second-order valence-corrected chi connectivity index (χ2v) is 3.94. The van der Waals surface area contributed by atoms with Crippen LogP contribution in [0.15, 0.2) is 30.3 Å². The molecule has 1 rings (SSSR count). The van der Waals surface area contributed by atoms with E-state index in [0.717, 1.165) is 0 Å². The third kappa shape index (κ3) is 5.75. The van der Waals surface area contributed by atoms with Gasteiger partial charge in [-0.1, -0.05) is 18.2 Å². The molecule has 1 aromatic rings. The van der Waals surface area contributed by atoms with E-state index >= 15 is 0 Å². The quantitative estimate of drug-likeness (QED) is 0.476.